The van der Waals surface area contributed by atoms with Gasteiger partial charge in [-0.25, -0.2) is 8.42 Å². The van der Waals surface area contributed by atoms with Crippen LogP contribution in [0, 0.1) is 5.92 Å². The Morgan fingerprint density at radius 1 is 1.33 bits per heavy atom. The van der Waals surface area contributed by atoms with E-state index in [2.05, 4.69) is 6.92 Å². The molecule has 1 aliphatic rings. The van der Waals surface area contributed by atoms with E-state index in [4.69, 9.17) is 11.6 Å². The third-order valence-electron chi connectivity index (χ3n) is 3.97. The maximum atomic E-state index is 11.5. The summed E-state index contributed by atoms with van der Waals surface area (Å²) in [5.41, 5.74) is 1.19. The third kappa shape index (κ3) is 2.72. The Morgan fingerprint density at radius 3 is 2.61 bits per heavy atom. The van der Waals surface area contributed by atoms with Gasteiger partial charge in [-0.05, 0) is 42.4 Å². The molecule has 0 aliphatic heterocycles. The van der Waals surface area contributed by atoms with Gasteiger partial charge in [-0.2, -0.15) is 0 Å². The Bertz CT molecular complexity index is 537. The number of hydrogen-bond acceptors (Lipinski definition) is 2. The molecule has 1 saturated carbocycles. The highest BCUT2D eigenvalue weighted by atomic mass is 35.5. The molecule has 1 aliphatic carbocycles. The number of halogens is 1. The van der Waals surface area contributed by atoms with E-state index in [1.165, 1.54) is 37.5 Å². The van der Waals surface area contributed by atoms with E-state index in [1.54, 1.807) is 6.07 Å². The Morgan fingerprint density at radius 2 is 2.06 bits per heavy atom. The second-order valence-electron chi connectivity index (χ2n) is 5.17. The Labute approximate surface area is 114 Å². The van der Waals surface area contributed by atoms with E-state index in [1.807, 2.05) is 12.1 Å². The fourth-order valence-corrected chi connectivity index (χ4v) is 4.35. The van der Waals surface area contributed by atoms with Gasteiger partial charge >= 0.3 is 0 Å². The maximum absolute atomic E-state index is 11.5. The van der Waals surface area contributed by atoms with Crippen LogP contribution < -0.4 is 0 Å². The molecule has 4 heteroatoms. The molecule has 2 nitrogen and oxygen atoms in total. The lowest BCUT2D eigenvalue weighted by Crippen LogP contribution is -2.06. The minimum atomic E-state index is -3.22. The summed E-state index contributed by atoms with van der Waals surface area (Å²) in [4.78, 5) is 0.235. The van der Waals surface area contributed by atoms with Crippen molar-refractivity contribution in [1.82, 2.24) is 0 Å². The van der Waals surface area contributed by atoms with Gasteiger partial charge in [-0.3, -0.25) is 0 Å². The van der Waals surface area contributed by atoms with Crippen molar-refractivity contribution < 1.29 is 8.42 Å². The summed E-state index contributed by atoms with van der Waals surface area (Å²) in [7, 11) is -3.22. The van der Waals surface area contributed by atoms with Crippen LogP contribution in [0.15, 0.2) is 23.1 Å². The van der Waals surface area contributed by atoms with Crippen LogP contribution in [0.1, 0.15) is 44.1 Å². The van der Waals surface area contributed by atoms with Gasteiger partial charge in [0.1, 0.15) is 0 Å². The minimum absolute atomic E-state index is 0.235. The molecule has 0 radical (unpaired) electrons. The SMILES string of the molecule is CCC1CCCC1c1ccc(S(C)(=O)=O)c(Cl)c1. The average molecular weight is 287 g/mol. The maximum Gasteiger partial charge on any atom is 0.176 e. The first-order valence-electron chi connectivity index (χ1n) is 6.43. The lowest BCUT2D eigenvalue weighted by atomic mass is 9.87. The summed E-state index contributed by atoms with van der Waals surface area (Å²) in [5.74, 6) is 1.26. The monoisotopic (exact) mass is 286 g/mol. The predicted octanol–water partition coefficient (Wildman–Crippen LogP) is 4.04. The van der Waals surface area contributed by atoms with Crippen molar-refractivity contribution in [1.29, 1.82) is 0 Å². The quantitative estimate of drug-likeness (QED) is 0.840. The van der Waals surface area contributed by atoms with Crippen molar-refractivity contribution in [2.24, 2.45) is 5.92 Å². The molecule has 18 heavy (non-hydrogen) atoms. The van der Waals surface area contributed by atoms with E-state index in [9.17, 15) is 8.42 Å². The molecule has 0 amide bonds. The van der Waals surface area contributed by atoms with Gasteiger partial charge in [0.25, 0.3) is 0 Å². The first-order valence-corrected chi connectivity index (χ1v) is 8.70. The lowest BCUT2D eigenvalue weighted by Gasteiger charge is -2.19. The Kier molecular flexibility index (Phi) is 4.02. The number of hydrogen-bond donors (Lipinski definition) is 0. The molecule has 0 spiro atoms. The highest BCUT2D eigenvalue weighted by molar-refractivity contribution is 7.90. The second kappa shape index (κ2) is 5.22. The highest BCUT2D eigenvalue weighted by Gasteiger charge is 2.27. The van der Waals surface area contributed by atoms with Gasteiger partial charge in [-0.1, -0.05) is 37.4 Å². The molecule has 0 bridgehead atoms. The first kappa shape index (κ1) is 13.9. The third-order valence-corrected chi connectivity index (χ3v) is 5.55. The smallest absolute Gasteiger partial charge is 0.176 e. The van der Waals surface area contributed by atoms with Crippen LogP contribution in [0.3, 0.4) is 0 Å². The van der Waals surface area contributed by atoms with Crippen molar-refractivity contribution in [2.75, 3.05) is 6.26 Å². The van der Waals surface area contributed by atoms with Gasteiger partial charge in [0.15, 0.2) is 9.84 Å². The first-order chi connectivity index (χ1) is 8.43. The van der Waals surface area contributed by atoms with Crippen LogP contribution in [-0.2, 0) is 9.84 Å². The largest absolute Gasteiger partial charge is 0.224 e. The van der Waals surface area contributed by atoms with Gasteiger partial charge in [0.2, 0.25) is 0 Å². The second-order valence-corrected chi connectivity index (χ2v) is 7.56. The summed E-state index contributed by atoms with van der Waals surface area (Å²) in [6.07, 6.45) is 6.09. The van der Waals surface area contributed by atoms with Crippen LogP contribution in [-0.4, -0.2) is 14.7 Å². The van der Waals surface area contributed by atoms with Crippen molar-refractivity contribution in [3.8, 4) is 0 Å². The van der Waals surface area contributed by atoms with Gasteiger partial charge in [0, 0.05) is 6.26 Å². The zero-order chi connectivity index (χ0) is 13.3. The molecule has 2 atom stereocenters. The van der Waals surface area contributed by atoms with Crippen LogP contribution in [0.4, 0.5) is 0 Å². The summed E-state index contributed by atoms with van der Waals surface area (Å²) in [6, 6.07) is 5.43. The van der Waals surface area contributed by atoms with E-state index in [0.29, 0.717) is 16.9 Å². The molecule has 1 fully saturated rings. The molecular formula is C14H19ClO2S. The topological polar surface area (TPSA) is 34.1 Å². The summed E-state index contributed by atoms with van der Waals surface area (Å²) in [6.45, 7) is 2.22. The van der Waals surface area contributed by atoms with Crippen LogP contribution in [0.2, 0.25) is 5.02 Å². The number of rotatable bonds is 3. The van der Waals surface area contributed by atoms with E-state index in [-0.39, 0.29) is 4.90 Å². The Balaban J connectivity index is 2.35. The normalized spacial score (nSPS) is 24.4. The lowest BCUT2D eigenvalue weighted by molar-refractivity contribution is 0.469. The van der Waals surface area contributed by atoms with Crippen LogP contribution >= 0.6 is 11.6 Å². The molecule has 0 heterocycles. The molecule has 0 saturated heterocycles. The summed E-state index contributed by atoms with van der Waals surface area (Å²) < 4.78 is 23.0. The van der Waals surface area contributed by atoms with Gasteiger partial charge in [0.05, 0.1) is 9.92 Å². The fourth-order valence-electron chi connectivity index (χ4n) is 3.01. The van der Waals surface area contributed by atoms with Crippen molar-refractivity contribution in [2.45, 2.75) is 43.4 Å². The average Bonchev–Trinajstić information content (AvgIpc) is 2.74. The molecule has 2 rings (SSSR count). The van der Waals surface area contributed by atoms with Gasteiger partial charge < -0.3 is 0 Å². The van der Waals surface area contributed by atoms with E-state index >= 15 is 0 Å². The zero-order valence-electron chi connectivity index (χ0n) is 10.8. The minimum Gasteiger partial charge on any atom is -0.224 e. The number of benzene rings is 1. The molecule has 2 unspecified atom stereocenters. The van der Waals surface area contributed by atoms with Crippen LogP contribution in [0.25, 0.3) is 0 Å². The standard InChI is InChI=1S/C14H19ClO2S/c1-3-10-5-4-6-12(10)11-7-8-14(13(15)9-11)18(2,16)17/h7-10,12H,3-6H2,1-2H3. The molecule has 1 aromatic carbocycles. The van der Waals surface area contributed by atoms with Crippen molar-refractivity contribution in [3.63, 3.8) is 0 Å². The van der Waals surface area contributed by atoms with E-state index in [0.717, 1.165) is 0 Å². The Hall–Kier alpha value is -0.540. The van der Waals surface area contributed by atoms with Crippen LogP contribution in [0.5, 0.6) is 0 Å². The molecule has 0 N–H and O–H groups in total. The van der Waals surface area contributed by atoms with E-state index < -0.39 is 9.84 Å². The molecule has 100 valence electrons. The molecule has 1 aromatic rings. The van der Waals surface area contributed by atoms with Gasteiger partial charge in [-0.15, -0.1) is 0 Å². The van der Waals surface area contributed by atoms with Crippen molar-refractivity contribution >= 4 is 21.4 Å². The summed E-state index contributed by atoms with van der Waals surface area (Å²) in [5, 5.41) is 0.358. The fraction of sp³-hybridized carbons (Fsp3) is 0.571. The highest BCUT2D eigenvalue weighted by Crippen LogP contribution is 2.42. The summed E-state index contributed by atoms with van der Waals surface area (Å²) >= 11 is 6.10. The van der Waals surface area contributed by atoms with Crippen molar-refractivity contribution in [3.05, 3.63) is 28.8 Å². The predicted molar refractivity (Wildman–Crippen MR) is 74.9 cm³/mol. The zero-order valence-corrected chi connectivity index (χ0v) is 12.4. The number of sulfone groups is 1. The molecule has 0 aromatic heterocycles. The molecular weight excluding hydrogens is 268 g/mol.